The van der Waals surface area contributed by atoms with E-state index in [2.05, 4.69) is 36.1 Å². The maximum Gasteiger partial charge on any atom is 0.193 e. The zero-order valence-corrected chi connectivity index (χ0v) is 9.79. The molecule has 6 heteroatoms. The van der Waals surface area contributed by atoms with E-state index in [1.807, 2.05) is 24.3 Å². The second-order valence-electron chi connectivity index (χ2n) is 2.98. The summed E-state index contributed by atoms with van der Waals surface area (Å²) in [6.45, 7) is 0. The predicted octanol–water partition coefficient (Wildman–Crippen LogP) is 3.24. The second kappa shape index (κ2) is 4.80. The molecule has 0 fully saturated rings. The molecule has 5 nitrogen and oxygen atoms in total. The van der Waals surface area contributed by atoms with Gasteiger partial charge in [0.15, 0.2) is 5.82 Å². The highest BCUT2D eigenvalue weighted by Gasteiger charge is 1.93. The van der Waals surface area contributed by atoms with Crippen molar-refractivity contribution in [2.24, 2.45) is 10.2 Å². The zero-order valence-electron chi connectivity index (χ0n) is 8.21. The molecule has 0 saturated heterocycles. The Labute approximate surface area is 101 Å². The minimum absolute atomic E-state index is 0.364. The Balaban J connectivity index is 2.15. The summed E-state index contributed by atoms with van der Waals surface area (Å²) in [6, 6.07) is 7.47. The number of nitrogens with two attached hydrogens (primary N) is 1. The topological polar surface area (TPSA) is 76.5 Å². The SMILES string of the molecule is Nc1cnc(N=Nc2ccc(Br)cc2)cn1. The fourth-order valence-corrected chi connectivity index (χ4v) is 1.26. The molecule has 0 amide bonds. The van der Waals surface area contributed by atoms with Crippen LogP contribution in [0.5, 0.6) is 0 Å². The first kappa shape index (κ1) is 10.7. The molecule has 80 valence electrons. The Morgan fingerprint density at radius 3 is 2.38 bits per heavy atom. The summed E-state index contributed by atoms with van der Waals surface area (Å²) in [4.78, 5) is 7.81. The maximum absolute atomic E-state index is 5.40. The molecule has 2 N–H and O–H groups in total. The van der Waals surface area contributed by atoms with Gasteiger partial charge in [-0.15, -0.1) is 10.2 Å². The van der Waals surface area contributed by atoms with Crippen LogP contribution in [0.2, 0.25) is 0 Å². The molecule has 0 aliphatic heterocycles. The van der Waals surface area contributed by atoms with E-state index >= 15 is 0 Å². The highest BCUT2D eigenvalue weighted by Crippen LogP contribution is 2.19. The summed E-state index contributed by atoms with van der Waals surface area (Å²) in [6.07, 6.45) is 2.91. The zero-order chi connectivity index (χ0) is 11.4. The van der Waals surface area contributed by atoms with E-state index < -0.39 is 0 Å². The Kier molecular flexibility index (Phi) is 3.21. The smallest absolute Gasteiger partial charge is 0.193 e. The third-order valence-corrected chi connectivity index (χ3v) is 2.28. The van der Waals surface area contributed by atoms with Crippen molar-refractivity contribution in [3.8, 4) is 0 Å². The first-order valence-corrected chi connectivity index (χ1v) is 5.28. The average Bonchev–Trinajstić information content (AvgIpc) is 2.30. The fourth-order valence-electron chi connectivity index (χ4n) is 1.000. The molecule has 0 saturated carbocycles. The van der Waals surface area contributed by atoms with Crippen molar-refractivity contribution in [3.63, 3.8) is 0 Å². The predicted molar refractivity (Wildman–Crippen MR) is 64.8 cm³/mol. The van der Waals surface area contributed by atoms with Gasteiger partial charge in [0.05, 0.1) is 18.1 Å². The Bertz CT molecular complexity index is 444. The van der Waals surface area contributed by atoms with Crippen LogP contribution >= 0.6 is 15.9 Å². The van der Waals surface area contributed by atoms with Crippen LogP contribution in [0, 0.1) is 0 Å². The van der Waals surface area contributed by atoms with E-state index in [1.54, 1.807) is 0 Å². The van der Waals surface area contributed by atoms with Gasteiger partial charge in [-0.05, 0) is 24.3 Å². The summed E-state index contributed by atoms with van der Waals surface area (Å²) < 4.78 is 0.999. The monoisotopic (exact) mass is 277 g/mol. The maximum atomic E-state index is 5.40. The van der Waals surface area contributed by atoms with Crippen molar-refractivity contribution >= 4 is 33.3 Å². The van der Waals surface area contributed by atoms with Gasteiger partial charge in [-0.3, -0.25) is 0 Å². The molecular weight excluding hydrogens is 270 g/mol. The third kappa shape index (κ3) is 2.83. The summed E-state index contributed by atoms with van der Waals surface area (Å²) in [5.74, 6) is 0.791. The van der Waals surface area contributed by atoms with Crippen molar-refractivity contribution < 1.29 is 0 Å². The molecule has 1 aromatic carbocycles. The van der Waals surface area contributed by atoms with Crippen LogP contribution in [-0.2, 0) is 0 Å². The van der Waals surface area contributed by atoms with Crippen LogP contribution in [0.25, 0.3) is 0 Å². The van der Waals surface area contributed by atoms with Crippen LogP contribution in [0.4, 0.5) is 17.3 Å². The van der Waals surface area contributed by atoms with Crippen molar-refractivity contribution in [1.82, 2.24) is 9.97 Å². The Morgan fingerprint density at radius 1 is 1.00 bits per heavy atom. The second-order valence-corrected chi connectivity index (χ2v) is 3.89. The van der Waals surface area contributed by atoms with Gasteiger partial charge in [-0.1, -0.05) is 15.9 Å². The van der Waals surface area contributed by atoms with Crippen LogP contribution in [0.3, 0.4) is 0 Å². The van der Waals surface area contributed by atoms with Crippen molar-refractivity contribution in [3.05, 3.63) is 41.1 Å². The quantitative estimate of drug-likeness (QED) is 0.856. The van der Waals surface area contributed by atoms with Gasteiger partial charge < -0.3 is 5.73 Å². The minimum atomic E-state index is 0.364. The van der Waals surface area contributed by atoms with E-state index in [0.29, 0.717) is 11.6 Å². The molecule has 0 bridgehead atoms. The molecule has 0 atom stereocenters. The number of halogens is 1. The largest absolute Gasteiger partial charge is 0.382 e. The number of anilines is 1. The number of hydrogen-bond acceptors (Lipinski definition) is 5. The van der Waals surface area contributed by atoms with Crippen LogP contribution < -0.4 is 5.73 Å². The highest BCUT2D eigenvalue weighted by molar-refractivity contribution is 9.10. The normalized spacial score (nSPS) is 10.8. The summed E-state index contributed by atoms with van der Waals surface area (Å²) in [5.41, 5.74) is 6.15. The number of nitrogens with zero attached hydrogens (tertiary/aromatic N) is 4. The van der Waals surface area contributed by atoms with Gasteiger partial charge in [0.2, 0.25) is 0 Å². The van der Waals surface area contributed by atoms with E-state index in [9.17, 15) is 0 Å². The number of benzene rings is 1. The van der Waals surface area contributed by atoms with E-state index in [0.717, 1.165) is 10.2 Å². The summed E-state index contributed by atoms with van der Waals surface area (Å²) in [5, 5.41) is 7.94. The highest BCUT2D eigenvalue weighted by atomic mass is 79.9. The lowest BCUT2D eigenvalue weighted by atomic mass is 10.3. The average molecular weight is 278 g/mol. The van der Waals surface area contributed by atoms with Crippen molar-refractivity contribution in [1.29, 1.82) is 0 Å². The van der Waals surface area contributed by atoms with Gasteiger partial charge >= 0.3 is 0 Å². The first-order chi connectivity index (χ1) is 7.74. The number of azo groups is 1. The third-order valence-electron chi connectivity index (χ3n) is 1.75. The number of hydrogen-bond donors (Lipinski definition) is 1. The lowest BCUT2D eigenvalue weighted by Crippen LogP contribution is -1.88. The standard InChI is InChI=1S/C10H8BrN5/c11-7-1-3-8(4-2-7)15-16-10-6-13-9(12)5-14-10/h1-6H,(H2,12,13). The lowest BCUT2D eigenvalue weighted by Gasteiger charge is -1.93. The van der Waals surface area contributed by atoms with E-state index in [1.165, 1.54) is 12.4 Å². The van der Waals surface area contributed by atoms with Crippen molar-refractivity contribution in [2.45, 2.75) is 0 Å². The van der Waals surface area contributed by atoms with Gasteiger partial charge in [0, 0.05) is 4.47 Å². The molecule has 0 spiro atoms. The molecule has 16 heavy (non-hydrogen) atoms. The minimum Gasteiger partial charge on any atom is -0.382 e. The number of aromatic nitrogens is 2. The summed E-state index contributed by atoms with van der Waals surface area (Å²) >= 11 is 3.34. The van der Waals surface area contributed by atoms with E-state index in [-0.39, 0.29) is 0 Å². The van der Waals surface area contributed by atoms with E-state index in [4.69, 9.17) is 5.73 Å². The van der Waals surface area contributed by atoms with Gasteiger partial charge in [-0.2, -0.15) is 0 Å². The lowest BCUT2D eigenvalue weighted by molar-refractivity contribution is 1.11. The number of nitrogen functional groups attached to an aromatic ring is 1. The van der Waals surface area contributed by atoms with Gasteiger partial charge in [0.1, 0.15) is 5.82 Å². The Hall–Kier alpha value is -1.82. The molecule has 1 aromatic heterocycles. The fraction of sp³-hybridized carbons (Fsp3) is 0. The molecular formula is C10H8BrN5. The van der Waals surface area contributed by atoms with Crippen LogP contribution in [0.1, 0.15) is 0 Å². The molecule has 0 unspecified atom stereocenters. The van der Waals surface area contributed by atoms with Gasteiger partial charge in [-0.25, -0.2) is 9.97 Å². The number of rotatable bonds is 2. The first-order valence-electron chi connectivity index (χ1n) is 4.49. The molecule has 2 aromatic rings. The molecule has 0 radical (unpaired) electrons. The molecule has 2 rings (SSSR count). The molecule has 0 aliphatic rings. The van der Waals surface area contributed by atoms with Crippen LogP contribution in [0.15, 0.2) is 51.4 Å². The molecule has 1 heterocycles. The van der Waals surface area contributed by atoms with Crippen LogP contribution in [-0.4, -0.2) is 9.97 Å². The Morgan fingerprint density at radius 2 is 1.75 bits per heavy atom. The summed E-state index contributed by atoms with van der Waals surface area (Å²) in [7, 11) is 0. The van der Waals surface area contributed by atoms with Crippen molar-refractivity contribution in [2.75, 3.05) is 5.73 Å². The molecule has 0 aliphatic carbocycles. The van der Waals surface area contributed by atoms with Gasteiger partial charge in [0.25, 0.3) is 0 Å².